The van der Waals surface area contributed by atoms with Crippen molar-refractivity contribution >= 4 is 11.9 Å². The zero-order chi connectivity index (χ0) is 23.1. The number of nitrogens with one attached hydrogen (secondary N) is 2. The fraction of sp³-hybridized carbons (Fsp3) is 0.440. The van der Waals surface area contributed by atoms with Gasteiger partial charge < -0.3 is 20.3 Å². The van der Waals surface area contributed by atoms with Crippen molar-refractivity contribution in [3.8, 4) is 0 Å². The number of morpholine rings is 1. The van der Waals surface area contributed by atoms with Gasteiger partial charge in [0.05, 0.1) is 18.8 Å². The summed E-state index contributed by atoms with van der Waals surface area (Å²) in [5.74, 6) is 0.518. The topological polar surface area (TPSA) is 66.0 Å². The Bertz CT molecular complexity index is 935. The highest BCUT2D eigenvalue weighted by molar-refractivity contribution is 5.94. The SMILES string of the molecule is CCNC(=NCc1ccc(F)c(C)c1)NCc1ccc(C(=O)N2CC(C)OC(C)C2)cc1. The lowest BCUT2D eigenvalue weighted by Gasteiger charge is -2.35. The minimum Gasteiger partial charge on any atom is -0.372 e. The Morgan fingerprint density at radius 1 is 1.09 bits per heavy atom. The molecule has 1 aliphatic heterocycles. The Labute approximate surface area is 189 Å². The predicted octanol–water partition coefficient (Wildman–Crippen LogP) is 3.64. The van der Waals surface area contributed by atoms with Gasteiger partial charge >= 0.3 is 0 Å². The summed E-state index contributed by atoms with van der Waals surface area (Å²) >= 11 is 0. The maximum absolute atomic E-state index is 13.5. The number of ether oxygens (including phenoxy) is 1. The Kier molecular flexibility index (Phi) is 8.22. The molecular formula is C25H33FN4O2. The molecule has 1 amide bonds. The maximum Gasteiger partial charge on any atom is 0.254 e. The van der Waals surface area contributed by atoms with Crippen molar-refractivity contribution < 1.29 is 13.9 Å². The molecule has 0 bridgehead atoms. The minimum absolute atomic E-state index is 0.0380. The van der Waals surface area contributed by atoms with Crippen LogP contribution in [0.1, 0.15) is 47.8 Å². The Hall–Kier alpha value is -2.93. The van der Waals surface area contributed by atoms with Crippen molar-refractivity contribution in [3.05, 3.63) is 70.5 Å². The summed E-state index contributed by atoms with van der Waals surface area (Å²) in [6.45, 7) is 10.7. The second-order valence-corrected chi connectivity index (χ2v) is 8.30. The van der Waals surface area contributed by atoms with E-state index in [1.54, 1.807) is 13.0 Å². The summed E-state index contributed by atoms with van der Waals surface area (Å²) in [6.07, 6.45) is 0.0996. The summed E-state index contributed by atoms with van der Waals surface area (Å²) < 4.78 is 19.2. The number of benzene rings is 2. The molecule has 1 aliphatic rings. The van der Waals surface area contributed by atoms with Gasteiger partial charge in [0.15, 0.2) is 5.96 Å². The highest BCUT2D eigenvalue weighted by Gasteiger charge is 2.26. The van der Waals surface area contributed by atoms with Gasteiger partial charge in [-0.05, 0) is 62.6 Å². The molecule has 2 aromatic rings. The molecule has 172 valence electrons. The molecule has 0 radical (unpaired) electrons. The summed E-state index contributed by atoms with van der Waals surface area (Å²) in [4.78, 5) is 19.3. The number of carbonyl (C=O) groups excluding carboxylic acids is 1. The lowest BCUT2D eigenvalue weighted by Crippen LogP contribution is -2.48. The lowest BCUT2D eigenvalue weighted by molar-refractivity contribution is -0.0586. The molecule has 0 aromatic heterocycles. The van der Waals surface area contributed by atoms with E-state index < -0.39 is 0 Å². The zero-order valence-electron chi connectivity index (χ0n) is 19.3. The maximum atomic E-state index is 13.5. The molecule has 7 heteroatoms. The number of hydrogen-bond acceptors (Lipinski definition) is 3. The first-order chi connectivity index (χ1) is 15.4. The van der Waals surface area contributed by atoms with E-state index in [4.69, 9.17) is 4.74 Å². The van der Waals surface area contributed by atoms with Gasteiger partial charge in [-0.1, -0.05) is 24.3 Å². The number of halogens is 1. The molecule has 0 spiro atoms. The van der Waals surface area contributed by atoms with Crippen LogP contribution in [0.3, 0.4) is 0 Å². The lowest BCUT2D eigenvalue weighted by atomic mass is 10.1. The molecule has 3 rings (SSSR count). The number of aliphatic imine (C=N–C) groups is 1. The second-order valence-electron chi connectivity index (χ2n) is 8.30. The molecule has 2 atom stereocenters. The standard InChI is InChI=1S/C25H33FN4O2/c1-5-27-25(29-14-21-8-11-23(26)17(2)12-21)28-13-20-6-9-22(10-7-20)24(31)30-15-18(3)32-19(4)16-30/h6-12,18-19H,5,13-16H2,1-4H3,(H2,27,28,29). The first-order valence-corrected chi connectivity index (χ1v) is 11.2. The number of hydrogen-bond donors (Lipinski definition) is 2. The van der Waals surface area contributed by atoms with Crippen LogP contribution in [0.5, 0.6) is 0 Å². The van der Waals surface area contributed by atoms with Crippen LogP contribution in [-0.2, 0) is 17.8 Å². The summed E-state index contributed by atoms with van der Waals surface area (Å²) in [6, 6.07) is 12.7. The van der Waals surface area contributed by atoms with Gasteiger partial charge in [-0.3, -0.25) is 4.79 Å². The van der Waals surface area contributed by atoms with E-state index in [-0.39, 0.29) is 23.9 Å². The number of guanidine groups is 1. The van der Waals surface area contributed by atoms with Crippen molar-refractivity contribution in [1.82, 2.24) is 15.5 Å². The van der Waals surface area contributed by atoms with E-state index >= 15 is 0 Å². The van der Waals surface area contributed by atoms with Gasteiger partial charge in [0.2, 0.25) is 0 Å². The molecule has 1 heterocycles. The summed E-state index contributed by atoms with van der Waals surface area (Å²) in [5.41, 5.74) is 3.30. The van der Waals surface area contributed by atoms with Crippen LogP contribution in [0.15, 0.2) is 47.5 Å². The van der Waals surface area contributed by atoms with Crippen LogP contribution in [-0.4, -0.2) is 48.6 Å². The van der Waals surface area contributed by atoms with E-state index in [1.165, 1.54) is 6.07 Å². The Balaban J connectivity index is 1.58. The molecular weight excluding hydrogens is 407 g/mol. The molecule has 6 nitrogen and oxygen atoms in total. The van der Waals surface area contributed by atoms with Gasteiger partial charge in [-0.25, -0.2) is 9.38 Å². The number of rotatable bonds is 6. The van der Waals surface area contributed by atoms with Crippen LogP contribution in [0.4, 0.5) is 4.39 Å². The van der Waals surface area contributed by atoms with E-state index in [2.05, 4.69) is 15.6 Å². The van der Waals surface area contributed by atoms with Gasteiger partial charge in [-0.2, -0.15) is 0 Å². The van der Waals surface area contributed by atoms with Crippen LogP contribution in [0, 0.1) is 12.7 Å². The number of carbonyl (C=O) groups is 1. The van der Waals surface area contributed by atoms with Gasteiger partial charge in [0, 0.05) is 31.7 Å². The number of amides is 1. The van der Waals surface area contributed by atoms with Gasteiger partial charge in [0.1, 0.15) is 5.82 Å². The third-order valence-corrected chi connectivity index (χ3v) is 5.35. The van der Waals surface area contributed by atoms with Crippen molar-refractivity contribution in [2.75, 3.05) is 19.6 Å². The summed E-state index contributed by atoms with van der Waals surface area (Å²) in [7, 11) is 0. The van der Waals surface area contributed by atoms with Gasteiger partial charge in [-0.15, -0.1) is 0 Å². The molecule has 1 saturated heterocycles. The van der Waals surface area contributed by atoms with Crippen LogP contribution in [0.25, 0.3) is 0 Å². The highest BCUT2D eigenvalue weighted by atomic mass is 19.1. The fourth-order valence-corrected chi connectivity index (χ4v) is 3.79. The van der Waals surface area contributed by atoms with Crippen LogP contribution in [0.2, 0.25) is 0 Å². The van der Waals surface area contributed by atoms with E-state index in [1.807, 2.05) is 56.0 Å². The normalized spacial score (nSPS) is 19.0. The van der Waals surface area contributed by atoms with E-state index in [0.717, 1.165) is 17.7 Å². The molecule has 2 aromatic carbocycles. The molecule has 0 aliphatic carbocycles. The van der Waals surface area contributed by atoms with Crippen LogP contribution >= 0.6 is 0 Å². The first kappa shape index (κ1) is 23.7. The average Bonchev–Trinajstić information content (AvgIpc) is 2.77. The minimum atomic E-state index is -0.206. The fourth-order valence-electron chi connectivity index (χ4n) is 3.79. The van der Waals surface area contributed by atoms with Crippen molar-refractivity contribution in [2.24, 2.45) is 4.99 Å². The zero-order valence-corrected chi connectivity index (χ0v) is 19.3. The van der Waals surface area contributed by atoms with Gasteiger partial charge in [0.25, 0.3) is 5.91 Å². The third kappa shape index (κ3) is 6.53. The predicted molar refractivity (Wildman–Crippen MR) is 125 cm³/mol. The Morgan fingerprint density at radius 3 is 2.38 bits per heavy atom. The van der Waals surface area contributed by atoms with Crippen molar-refractivity contribution in [3.63, 3.8) is 0 Å². The monoisotopic (exact) mass is 440 g/mol. The van der Waals surface area contributed by atoms with E-state index in [0.29, 0.717) is 43.3 Å². The van der Waals surface area contributed by atoms with Crippen molar-refractivity contribution in [1.29, 1.82) is 0 Å². The molecule has 1 fully saturated rings. The van der Waals surface area contributed by atoms with Crippen LogP contribution < -0.4 is 10.6 Å². The smallest absolute Gasteiger partial charge is 0.254 e. The number of aryl methyl sites for hydroxylation is 1. The second kappa shape index (κ2) is 11.1. The molecule has 2 unspecified atom stereocenters. The number of nitrogens with zero attached hydrogens (tertiary/aromatic N) is 2. The first-order valence-electron chi connectivity index (χ1n) is 11.2. The van der Waals surface area contributed by atoms with E-state index in [9.17, 15) is 9.18 Å². The largest absolute Gasteiger partial charge is 0.372 e. The average molecular weight is 441 g/mol. The highest BCUT2D eigenvalue weighted by Crippen LogP contribution is 2.15. The summed E-state index contributed by atoms with van der Waals surface area (Å²) in [5, 5.41) is 6.53. The molecule has 0 saturated carbocycles. The Morgan fingerprint density at radius 2 is 1.75 bits per heavy atom. The molecule has 32 heavy (non-hydrogen) atoms. The quantitative estimate of drug-likeness (QED) is 0.532. The molecule has 2 N–H and O–H groups in total. The van der Waals surface area contributed by atoms with Crippen molar-refractivity contribution in [2.45, 2.75) is 53.0 Å². The third-order valence-electron chi connectivity index (χ3n) is 5.35.